The van der Waals surface area contributed by atoms with E-state index in [0.29, 0.717) is 18.0 Å². The first-order chi connectivity index (χ1) is 14.0. The smallest absolute Gasteiger partial charge is 0.306 e. The van der Waals surface area contributed by atoms with Gasteiger partial charge in [-0.15, -0.1) is 0 Å². The van der Waals surface area contributed by atoms with Crippen molar-refractivity contribution in [3.05, 3.63) is 59.0 Å². The van der Waals surface area contributed by atoms with Gasteiger partial charge in [0.2, 0.25) is 5.82 Å². The molecule has 0 saturated carbocycles. The Morgan fingerprint density at radius 1 is 1.17 bits per heavy atom. The first-order valence-corrected chi connectivity index (χ1v) is 9.23. The lowest BCUT2D eigenvalue weighted by molar-refractivity contribution is -0.145. The van der Waals surface area contributed by atoms with Crippen molar-refractivity contribution in [1.82, 2.24) is 29.7 Å². The Morgan fingerprint density at radius 2 is 2.00 bits per heavy atom. The fourth-order valence-corrected chi connectivity index (χ4v) is 3.21. The van der Waals surface area contributed by atoms with E-state index >= 15 is 0 Å². The number of esters is 1. The molecule has 29 heavy (non-hydrogen) atoms. The number of carbonyl (C=O) groups is 1. The Hall–Kier alpha value is -3.62. The number of aryl methyl sites for hydroxylation is 3. The number of aromatic nitrogens is 6. The number of nitrogens with zero attached hydrogens (tertiary/aromatic N) is 6. The van der Waals surface area contributed by atoms with Crippen LogP contribution in [0.4, 0.5) is 0 Å². The quantitative estimate of drug-likeness (QED) is 0.461. The Balaban J connectivity index is 1.36. The zero-order valence-corrected chi connectivity index (χ0v) is 16.4. The standard InChI is InChI=1S/C20H20N6O3/c1-12-6-4-5-7-15(12)19-24-17(29-25-19)10-28-18(27)9-8-16-13(2)23-20-21-11-22-26(20)14(16)3/h4-7,11H,8-10H2,1-3H3. The van der Waals surface area contributed by atoms with Crippen molar-refractivity contribution in [3.63, 3.8) is 0 Å². The molecule has 9 heteroatoms. The molecule has 0 N–H and O–H groups in total. The molecule has 1 aromatic carbocycles. The molecule has 3 heterocycles. The number of fused-ring (bicyclic) bond motifs is 1. The predicted octanol–water partition coefficient (Wildman–Crippen LogP) is 2.78. The van der Waals surface area contributed by atoms with Crippen molar-refractivity contribution in [2.24, 2.45) is 0 Å². The topological polar surface area (TPSA) is 108 Å². The van der Waals surface area contributed by atoms with Crippen LogP contribution in [-0.4, -0.2) is 35.7 Å². The minimum absolute atomic E-state index is 0.0595. The van der Waals surface area contributed by atoms with Gasteiger partial charge in [-0.05, 0) is 38.3 Å². The van der Waals surface area contributed by atoms with E-state index in [2.05, 4.69) is 25.2 Å². The summed E-state index contributed by atoms with van der Waals surface area (Å²) in [5.41, 5.74) is 4.63. The molecule has 0 fully saturated rings. The fraction of sp³-hybridized carbons (Fsp3) is 0.300. The number of hydrogen-bond acceptors (Lipinski definition) is 8. The van der Waals surface area contributed by atoms with Gasteiger partial charge in [-0.3, -0.25) is 4.79 Å². The molecule has 0 atom stereocenters. The van der Waals surface area contributed by atoms with Crippen LogP contribution in [0.2, 0.25) is 0 Å². The second-order valence-corrected chi connectivity index (χ2v) is 6.72. The van der Waals surface area contributed by atoms with Gasteiger partial charge in [0.15, 0.2) is 6.61 Å². The van der Waals surface area contributed by atoms with Gasteiger partial charge in [-0.1, -0.05) is 29.4 Å². The molecule has 0 bridgehead atoms. The molecule has 3 aromatic heterocycles. The Bertz CT molecular complexity index is 1180. The van der Waals surface area contributed by atoms with E-state index in [-0.39, 0.29) is 24.9 Å². The summed E-state index contributed by atoms with van der Waals surface area (Å²) in [6, 6.07) is 7.75. The maximum Gasteiger partial charge on any atom is 0.306 e. The van der Waals surface area contributed by atoms with Crippen LogP contribution >= 0.6 is 0 Å². The molecule has 0 radical (unpaired) electrons. The lowest BCUT2D eigenvalue weighted by Gasteiger charge is -2.09. The molecular weight excluding hydrogens is 372 g/mol. The number of benzene rings is 1. The molecule has 0 unspecified atom stereocenters. The van der Waals surface area contributed by atoms with Crippen LogP contribution in [0, 0.1) is 20.8 Å². The van der Waals surface area contributed by atoms with Crippen LogP contribution in [-0.2, 0) is 22.6 Å². The maximum absolute atomic E-state index is 12.2. The summed E-state index contributed by atoms with van der Waals surface area (Å²) in [4.78, 5) is 25.0. The number of rotatable bonds is 6. The largest absolute Gasteiger partial charge is 0.456 e. The minimum atomic E-state index is -0.349. The zero-order chi connectivity index (χ0) is 20.4. The van der Waals surface area contributed by atoms with Gasteiger partial charge < -0.3 is 9.26 Å². The highest BCUT2D eigenvalue weighted by atomic mass is 16.6. The summed E-state index contributed by atoms with van der Waals surface area (Å²) in [6.45, 7) is 5.74. The van der Waals surface area contributed by atoms with E-state index in [0.717, 1.165) is 28.1 Å². The van der Waals surface area contributed by atoms with Gasteiger partial charge in [0, 0.05) is 23.4 Å². The normalized spacial score (nSPS) is 11.1. The Morgan fingerprint density at radius 3 is 2.83 bits per heavy atom. The van der Waals surface area contributed by atoms with Crippen molar-refractivity contribution >= 4 is 11.7 Å². The lowest BCUT2D eigenvalue weighted by Crippen LogP contribution is -2.10. The molecular formula is C20H20N6O3. The van der Waals surface area contributed by atoms with Crippen LogP contribution in [0.15, 0.2) is 35.1 Å². The average Bonchev–Trinajstić information content (AvgIpc) is 3.36. The molecule has 0 aliphatic rings. The molecule has 0 amide bonds. The molecule has 9 nitrogen and oxygen atoms in total. The SMILES string of the molecule is Cc1ccccc1-c1noc(COC(=O)CCc2c(C)nc3ncnn3c2C)n1. The van der Waals surface area contributed by atoms with E-state index in [1.807, 2.05) is 45.0 Å². The molecule has 4 aromatic rings. The average molecular weight is 392 g/mol. The Kier molecular flexibility index (Phi) is 5.03. The van der Waals surface area contributed by atoms with Crippen molar-refractivity contribution in [1.29, 1.82) is 0 Å². The second-order valence-electron chi connectivity index (χ2n) is 6.72. The van der Waals surface area contributed by atoms with E-state index in [1.165, 1.54) is 6.33 Å². The van der Waals surface area contributed by atoms with Crippen molar-refractivity contribution in [2.45, 2.75) is 40.2 Å². The van der Waals surface area contributed by atoms with Crippen molar-refractivity contribution < 1.29 is 14.1 Å². The molecule has 148 valence electrons. The van der Waals surface area contributed by atoms with Gasteiger partial charge in [0.1, 0.15) is 6.33 Å². The summed E-state index contributed by atoms with van der Waals surface area (Å²) >= 11 is 0. The Labute approximate surface area is 166 Å². The summed E-state index contributed by atoms with van der Waals surface area (Å²) in [6.07, 6.45) is 2.17. The van der Waals surface area contributed by atoms with Crippen LogP contribution in [0.3, 0.4) is 0 Å². The highest BCUT2D eigenvalue weighted by Crippen LogP contribution is 2.20. The predicted molar refractivity (Wildman–Crippen MR) is 103 cm³/mol. The van der Waals surface area contributed by atoms with E-state index in [9.17, 15) is 4.79 Å². The van der Waals surface area contributed by atoms with Gasteiger partial charge >= 0.3 is 5.97 Å². The summed E-state index contributed by atoms with van der Waals surface area (Å²) in [7, 11) is 0. The van der Waals surface area contributed by atoms with Gasteiger partial charge in [-0.25, -0.2) is 9.50 Å². The van der Waals surface area contributed by atoms with Crippen LogP contribution in [0.5, 0.6) is 0 Å². The summed E-state index contributed by atoms with van der Waals surface area (Å²) in [5, 5.41) is 8.12. The maximum atomic E-state index is 12.2. The monoisotopic (exact) mass is 392 g/mol. The van der Waals surface area contributed by atoms with E-state index < -0.39 is 0 Å². The van der Waals surface area contributed by atoms with Gasteiger partial charge in [0.05, 0.1) is 0 Å². The van der Waals surface area contributed by atoms with Gasteiger partial charge in [-0.2, -0.15) is 15.1 Å². The molecule has 0 saturated heterocycles. The number of hydrogen-bond donors (Lipinski definition) is 0. The summed E-state index contributed by atoms with van der Waals surface area (Å²) < 4.78 is 12.2. The number of carbonyl (C=O) groups excluding carboxylic acids is 1. The fourth-order valence-electron chi connectivity index (χ4n) is 3.21. The van der Waals surface area contributed by atoms with E-state index in [4.69, 9.17) is 9.26 Å². The third-order valence-corrected chi connectivity index (χ3v) is 4.78. The zero-order valence-electron chi connectivity index (χ0n) is 16.4. The summed E-state index contributed by atoms with van der Waals surface area (Å²) in [5.74, 6) is 0.938. The molecule has 0 aliphatic heterocycles. The van der Waals surface area contributed by atoms with Crippen LogP contribution < -0.4 is 0 Å². The van der Waals surface area contributed by atoms with Crippen molar-refractivity contribution in [2.75, 3.05) is 0 Å². The van der Waals surface area contributed by atoms with Gasteiger partial charge in [0.25, 0.3) is 11.7 Å². The molecule has 4 rings (SSSR count). The highest BCUT2D eigenvalue weighted by molar-refractivity contribution is 5.69. The van der Waals surface area contributed by atoms with Crippen LogP contribution in [0.25, 0.3) is 17.2 Å². The highest BCUT2D eigenvalue weighted by Gasteiger charge is 2.15. The third-order valence-electron chi connectivity index (χ3n) is 4.78. The third kappa shape index (κ3) is 3.84. The second kappa shape index (κ2) is 7.78. The van der Waals surface area contributed by atoms with Crippen molar-refractivity contribution in [3.8, 4) is 11.4 Å². The first kappa shape index (κ1) is 18.7. The lowest BCUT2D eigenvalue weighted by atomic mass is 10.1. The van der Waals surface area contributed by atoms with Crippen LogP contribution in [0.1, 0.15) is 34.8 Å². The number of ether oxygens (including phenoxy) is 1. The first-order valence-electron chi connectivity index (χ1n) is 9.23. The minimum Gasteiger partial charge on any atom is -0.456 e. The molecule has 0 aliphatic carbocycles. The van der Waals surface area contributed by atoms with E-state index in [1.54, 1.807) is 4.52 Å². The molecule has 0 spiro atoms.